The highest BCUT2D eigenvalue weighted by atomic mass is 32.1. The minimum Gasteiger partial charge on any atom is -0.480 e. The summed E-state index contributed by atoms with van der Waals surface area (Å²) in [5, 5.41) is 9.22. The number of carbonyl (C=O) groups is 2. The van der Waals surface area contributed by atoms with Gasteiger partial charge >= 0.3 is 5.97 Å². The summed E-state index contributed by atoms with van der Waals surface area (Å²) in [6.45, 7) is 4.61. The fourth-order valence-electron chi connectivity index (χ4n) is 2.55. The normalized spacial score (nSPS) is 19.5. The minimum absolute atomic E-state index is 0.125. The van der Waals surface area contributed by atoms with E-state index in [1.54, 1.807) is 0 Å². The summed E-state index contributed by atoms with van der Waals surface area (Å²) in [6, 6.07) is 1.23. The van der Waals surface area contributed by atoms with Gasteiger partial charge < -0.3 is 10.0 Å². The monoisotopic (exact) mass is 281 g/mol. The molecule has 1 saturated heterocycles. The fraction of sp³-hybridized carbons (Fsp3) is 0.571. The average molecular weight is 281 g/mol. The molecule has 0 saturated carbocycles. The number of thiophene rings is 1. The molecule has 0 aliphatic carbocycles. The SMILES string of the molecule is CCc1sc(C(=O)N2CCCCC2C(=O)O)cc1C. The van der Waals surface area contributed by atoms with Crippen molar-refractivity contribution in [1.29, 1.82) is 0 Å². The maximum absolute atomic E-state index is 12.5. The van der Waals surface area contributed by atoms with Crippen LogP contribution in [0.4, 0.5) is 0 Å². The summed E-state index contributed by atoms with van der Waals surface area (Å²) in [5.41, 5.74) is 1.12. The number of carboxylic acids is 1. The molecule has 1 aromatic rings. The van der Waals surface area contributed by atoms with E-state index >= 15 is 0 Å². The quantitative estimate of drug-likeness (QED) is 0.926. The number of amides is 1. The first-order valence-electron chi connectivity index (χ1n) is 6.67. The van der Waals surface area contributed by atoms with Crippen LogP contribution in [0, 0.1) is 6.92 Å². The number of hydrogen-bond donors (Lipinski definition) is 1. The van der Waals surface area contributed by atoms with E-state index in [9.17, 15) is 14.7 Å². The second-order valence-corrected chi connectivity index (χ2v) is 6.06. The minimum atomic E-state index is -0.892. The van der Waals surface area contributed by atoms with Crippen LogP contribution in [0.25, 0.3) is 0 Å². The zero-order chi connectivity index (χ0) is 14.0. The van der Waals surface area contributed by atoms with Crippen LogP contribution in [0.1, 0.15) is 46.3 Å². The summed E-state index contributed by atoms with van der Waals surface area (Å²) < 4.78 is 0. The van der Waals surface area contributed by atoms with Crippen LogP contribution >= 0.6 is 11.3 Å². The second-order valence-electron chi connectivity index (χ2n) is 4.92. The van der Waals surface area contributed by atoms with Crippen molar-refractivity contribution < 1.29 is 14.7 Å². The van der Waals surface area contributed by atoms with E-state index in [2.05, 4.69) is 6.92 Å². The van der Waals surface area contributed by atoms with E-state index in [-0.39, 0.29) is 5.91 Å². The highest BCUT2D eigenvalue weighted by Gasteiger charge is 2.33. The van der Waals surface area contributed by atoms with Gasteiger partial charge in [0, 0.05) is 11.4 Å². The van der Waals surface area contributed by atoms with Crippen molar-refractivity contribution in [2.24, 2.45) is 0 Å². The molecular formula is C14H19NO3S. The van der Waals surface area contributed by atoms with Gasteiger partial charge in [0.25, 0.3) is 5.91 Å². The topological polar surface area (TPSA) is 57.6 Å². The number of rotatable bonds is 3. The van der Waals surface area contributed by atoms with Crippen molar-refractivity contribution in [2.75, 3.05) is 6.54 Å². The maximum Gasteiger partial charge on any atom is 0.326 e. The average Bonchev–Trinajstić information content (AvgIpc) is 2.79. The first-order chi connectivity index (χ1) is 9.04. The molecule has 1 amide bonds. The molecule has 2 heterocycles. The molecule has 2 rings (SSSR count). The van der Waals surface area contributed by atoms with Gasteiger partial charge in [-0.05, 0) is 44.2 Å². The third-order valence-corrected chi connectivity index (χ3v) is 4.97. The van der Waals surface area contributed by atoms with Crippen LogP contribution in [0.3, 0.4) is 0 Å². The Bertz CT molecular complexity index is 495. The third-order valence-electron chi connectivity index (χ3n) is 3.60. The molecule has 0 spiro atoms. The number of likely N-dealkylation sites (tertiary alicyclic amines) is 1. The number of aliphatic carboxylic acids is 1. The first-order valence-corrected chi connectivity index (χ1v) is 7.49. The summed E-state index contributed by atoms with van der Waals surface area (Å²) in [6.07, 6.45) is 3.24. The molecule has 1 aromatic heterocycles. The largest absolute Gasteiger partial charge is 0.480 e. The Morgan fingerprint density at radius 1 is 1.47 bits per heavy atom. The number of aryl methyl sites for hydroxylation is 2. The first kappa shape index (κ1) is 14.1. The van der Waals surface area contributed by atoms with Crippen LogP contribution in [-0.4, -0.2) is 34.5 Å². The number of hydrogen-bond acceptors (Lipinski definition) is 3. The third kappa shape index (κ3) is 2.81. The molecule has 0 radical (unpaired) electrons. The van der Waals surface area contributed by atoms with E-state index in [1.807, 2.05) is 13.0 Å². The van der Waals surface area contributed by atoms with E-state index in [0.29, 0.717) is 17.8 Å². The van der Waals surface area contributed by atoms with E-state index < -0.39 is 12.0 Å². The molecule has 0 bridgehead atoms. The molecule has 1 fully saturated rings. The van der Waals surface area contributed by atoms with E-state index in [1.165, 1.54) is 21.1 Å². The van der Waals surface area contributed by atoms with Crippen molar-refractivity contribution in [1.82, 2.24) is 4.90 Å². The smallest absolute Gasteiger partial charge is 0.326 e. The van der Waals surface area contributed by atoms with Gasteiger partial charge in [-0.3, -0.25) is 4.79 Å². The maximum atomic E-state index is 12.5. The lowest BCUT2D eigenvalue weighted by Crippen LogP contribution is -2.47. The Kier molecular flexibility index (Phi) is 4.24. The van der Waals surface area contributed by atoms with Gasteiger partial charge in [0.2, 0.25) is 0 Å². The summed E-state index contributed by atoms with van der Waals surface area (Å²) in [5.74, 6) is -1.02. The molecular weight excluding hydrogens is 262 g/mol. The summed E-state index contributed by atoms with van der Waals surface area (Å²) in [7, 11) is 0. The number of carboxylic acid groups (broad SMARTS) is 1. The Morgan fingerprint density at radius 2 is 2.21 bits per heavy atom. The summed E-state index contributed by atoms with van der Waals surface area (Å²) >= 11 is 1.49. The molecule has 5 heteroatoms. The second kappa shape index (κ2) is 5.74. The molecule has 1 aliphatic rings. The van der Waals surface area contributed by atoms with Crippen LogP contribution in [0.2, 0.25) is 0 Å². The van der Waals surface area contributed by atoms with E-state index in [4.69, 9.17) is 0 Å². The molecule has 0 aromatic carbocycles. The van der Waals surface area contributed by atoms with Crippen molar-refractivity contribution in [3.05, 3.63) is 21.4 Å². The van der Waals surface area contributed by atoms with Crippen molar-refractivity contribution >= 4 is 23.2 Å². The highest BCUT2D eigenvalue weighted by molar-refractivity contribution is 7.14. The lowest BCUT2D eigenvalue weighted by molar-refractivity contribution is -0.143. The predicted molar refractivity (Wildman–Crippen MR) is 74.7 cm³/mol. The highest BCUT2D eigenvalue weighted by Crippen LogP contribution is 2.26. The van der Waals surface area contributed by atoms with Crippen LogP contribution < -0.4 is 0 Å². The zero-order valence-corrected chi connectivity index (χ0v) is 12.1. The lowest BCUT2D eigenvalue weighted by atomic mass is 10.0. The van der Waals surface area contributed by atoms with Gasteiger partial charge in [-0.2, -0.15) is 0 Å². The van der Waals surface area contributed by atoms with E-state index in [0.717, 1.165) is 24.8 Å². The number of nitrogens with zero attached hydrogens (tertiary/aromatic N) is 1. The van der Waals surface area contributed by atoms with Crippen molar-refractivity contribution in [3.63, 3.8) is 0 Å². The molecule has 1 unspecified atom stereocenters. The zero-order valence-electron chi connectivity index (χ0n) is 11.3. The standard InChI is InChI=1S/C14H19NO3S/c1-3-11-9(2)8-12(19-11)13(16)15-7-5-4-6-10(15)14(17)18/h8,10H,3-7H2,1-2H3,(H,17,18). The van der Waals surface area contributed by atoms with Crippen molar-refractivity contribution in [2.45, 2.75) is 45.6 Å². The Hall–Kier alpha value is -1.36. The predicted octanol–water partition coefficient (Wildman–Crippen LogP) is 2.70. The molecule has 1 atom stereocenters. The Morgan fingerprint density at radius 3 is 2.79 bits per heavy atom. The Labute approximate surface area is 117 Å². The van der Waals surface area contributed by atoms with Gasteiger partial charge in [-0.25, -0.2) is 4.79 Å². The van der Waals surface area contributed by atoms with Gasteiger partial charge in [-0.15, -0.1) is 11.3 Å². The molecule has 1 N–H and O–H groups in total. The van der Waals surface area contributed by atoms with Gasteiger partial charge in [0.15, 0.2) is 0 Å². The van der Waals surface area contributed by atoms with Gasteiger partial charge in [-0.1, -0.05) is 6.92 Å². The molecule has 104 valence electrons. The molecule has 1 aliphatic heterocycles. The number of piperidine rings is 1. The lowest BCUT2D eigenvalue weighted by Gasteiger charge is -2.32. The van der Waals surface area contributed by atoms with Gasteiger partial charge in [0.05, 0.1) is 4.88 Å². The van der Waals surface area contributed by atoms with Crippen LogP contribution in [0.5, 0.6) is 0 Å². The van der Waals surface area contributed by atoms with Crippen LogP contribution in [-0.2, 0) is 11.2 Å². The number of carbonyl (C=O) groups excluding carboxylic acids is 1. The van der Waals surface area contributed by atoms with Gasteiger partial charge in [0.1, 0.15) is 6.04 Å². The Balaban J connectivity index is 2.23. The van der Waals surface area contributed by atoms with Crippen molar-refractivity contribution in [3.8, 4) is 0 Å². The molecule has 19 heavy (non-hydrogen) atoms. The molecule has 4 nitrogen and oxygen atoms in total. The fourth-order valence-corrected chi connectivity index (χ4v) is 3.62. The van der Waals surface area contributed by atoms with Crippen LogP contribution in [0.15, 0.2) is 6.07 Å². The summed E-state index contributed by atoms with van der Waals surface area (Å²) in [4.78, 5) is 27.1.